The zero-order valence-electron chi connectivity index (χ0n) is 12.4. The zero-order valence-corrected chi connectivity index (χ0v) is 13.2. The fourth-order valence-corrected chi connectivity index (χ4v) is 2.67. The second-order valence-electron chi connectivity index (χ2n) is 4.90. The molecule has 0 spiro atoms. The summed E-state index contributed by atoms with van der Waals surface area (Å²) < 4.78 is 1.77. The molecule has 0 unspecified atom stereocenters. The Hall–Kier alpha value is -3.47. The highest BCUT2D eigenvalue weighted by atomic mass is 35.5. The van der Waals surface area contributed by atoms with E-state index in [1.165, 1.54) is 0 Å². The van der Waals surface area contributed by atoms with Crippen molar-refractivity contribution in [1.29, 1.82) is 15.8 Å². The molecule has 2 aromatic heterocycles. The van der Waals surface area contributed by atoms with E-state index in [-0.39, 0.29) is 22.2 Å². The lowest BCUT2D eigenvalue weighted by Crippen LogP contribution is -2.11. The lowest BCUT2D eigenvalue weighted by Gasteiger charge is -2.10. The molecular weight excluding hydrogens is 326 g/mol. The van der Waals surface area contributed by atoms with Crippen LogP contribution in [-0.2, 0) is 7.05 Å². The van der Waals surface area contributed by atoms with Gasteiger partial charge in [0, 0.05) is 7.05 Å². The maximum atomic E-state index is 9.62. The predicted molar refractivity (Wildman–Crippen MR) is 84.6 cm³/mol. The van der Waals surface area contributed by atoms with Crippen molar-refractivity contribution in [3.05, 3.63) is 52.3 Å². The van der Waals surface area contributed by atoms with Crippen LogP contribution in [0.4, 0.5) is 0 Å². The molecule has 0 saturated carbocycles. The minimum absolute atomic E-state index is 0.0934. The number of fused-ring (bicyclic) bond motifs is 1. The van der Waals surface area contributed by atoms with Gasteiger partial charge in [0.25, 0.3) is 0 Å². The summed E-state index contributed by atoms with van der Waals surface area (Å²) >= 11 is 6.09. The third-order valence-electron chi connectivity index (χ3n) is 3.57. The Morgan fingerprint density at radius 2 is 1.71 bits per heavy atom. The van der Waals surface area contributed by atoms with Gasteiger partial charge in [-0.25, -0.2) is 15.0 Å². The van der Waals surface area contributed by atoms with Gasteiger partial charge in [0.15, 0.2) is 16.5 Å². The Balaban J connectivity index is 2.23. The smallest absolute Gasteiger partial charge is 0.178 e. The molecule has 0 saturated heterocycles. The summed E-state index contributed by atoms with van der Waals surface area (Å²) in [5, 5.41) is 27.6. The van der Waals surface area contributed by atoms with Gasteiger partial charge in [-0.3, -0.25) is 0 Å². The van der Waals surface area contributed by atoms with Gasteiger partial charge < -0.3 is 4.57 Å². The monoisotopic (exact) mass is 333 g/mol. The molecule has 0 bridgehead atoms. The molecule has 1 atom stereocenters. The summed E-state index contributed by atoms with van der Waals surface area (Å²) in [6.07, 6.45) is 0. The van der Waals surface area contributed by atoms with Crippen LogP contribution in [0.1, 0.15) is 28.8 Å². The number of hydrogen-bond donors (Lipinski definition) is 0. The second kappa shape index (κ2) is 5.96. The quantitative estimate of drug-likeness (QED) is 0.711. The normalized spacial score (nSPS) is 11.5. The number of halogens is 1. The van der Waals surface area contributed by atoms with Crippen molar-refractivity contribution in [3.8, 4) is 18.2 Å². The van der Waals surface area contributed by atoms with E-state index >= 15 is 0 Å². The average Bonchev–Trinajstić information content (AvgIpc) is 2.93. The Morgan fingerprint density at radius 3 is 2.33 bits per heavy atom. The molecule has 114 valence electrons. The van der Waals surface area contributed by atoms with Crippen LogP contribution in [0.25, 0.3) is 11.0 Å². The number of aryl methyl sites for hydroxylation is 1. The molecule has 0 radical (unpaired) electrons. The highest BCUT2D eigenvalue weighted by molar-refractivity contribution is 6.30. The molecule has 3 rings (SSSR count). The van der Waals surface area contributed by atoms with Gasteiger partial charge >= 0.3 is 0 Å². The van der Waals surface area contributed by atoms with E-state index in [0.29, 0.717) is 5.82 Å². The first-order valence-corrected chi connectivity index (χ1v) is 7.17. The molecule has 8 heteroatoms. The number of nitriles is 3. The van der Waals surface area contributed by atoms with Crippen LogP contribution in [0, 0.1) is 34.0 Å². The molecule has 0 fully saturated rings. The molecule has 0 aliphatic heterocycles. The van der Waals surface area contributed by atoms with Crippen LogP contribution in [0.5, 0.6) is 0 Å². The zero-order chi connectivity index (χ0) is 17.3. The van der Waals surface area contributed by atoms with E-state index in [0.717, 1.165) is 11.0 Å². The largest absolute Gasteiger partial charge is 0.330 e. The molecule has 1 aromatic carbocycles. The number of rotatable bonds is 2. The molecule has 3 aromatic rings. The highest BCUT2D eigenvalue weighted by Gasteiger charge is 2.26. The number of hydrogen-bond acceptors (Lipinski definition) is 6. The van der Waals surface area contributed by atoms with Gasteiger partial charge in [-0.05, 0) is 12.1 Å². The van der Waals surface area contributed by atoms with Crippen LogP contribution in [0.3, 0.4) is 0 Å². The van der Waals surface area contributed by atoms with Crippen molar-refractivity contribution in [3.63, 3.8) is 0 Å². The Bertz CT molecular complexity index is 1080. The van der Waals surface area contributed by atoms with Crippen LogP contribution < -0.4 is 0 Å². The number of aromatic nitrogens is 4. The summed E-state index contributed by atoms with van der Waals surface area (Å²) in [7, 11) is 1.78. The first kappa shape index (κ1) is 15.4. The molecule has 0 N–H and O–H groups in total. The SMILES string of the molecule is Cn1c([C@H](C#N)c2nc(C#N)c(C#N)nc2Cl)nc2ccccc21. The van der Waals surface area contributed by atoms with Crippen molar-refractivity contribution in [1.82, 2.24) is 19.5 Å². The van der Waals surface area contributed by atoms with E-state index < -0.39 is 5.92 Å². The van der Waals surface area contributed by atoms with E-state index in [2.05, 4.69) is 21.0 Å². The van der Waals surface area contributed by atoms with Crippen LogP contribution in [0.2, 0.25) is 5.15 Å². The van der Waals surface area contributed by atoms with Crippen molar-refractivity contribution in [2.24, 2.45) is 7.05 Å². The van der Waals surface area contributed by atoms with Gasteiger partial charge in [0.1, 0.15) is 29.6 Å². The highest BCUT2D eigenvalue weighted by Crippen LogP contribution is 2.29. The first-order valence-electron chi connectivity index (χ1n) is 6.79. The third kappa shape index (κ3) is 2.32. The van der Waals surface area contributed by atoms with Crippen molar-refractivity contribution in [2.75, 3.05) is 0 Å². The second-order valence-corrected chi connectivity index (χ2v) is 5.26. The van der Waals surface area contributed by atoms with Gasteiger partial charge in [0.2, 0.25) is 0 Å². The summed E-state index contributed by atoms with van der Waals surface area (Å²) in [5.41, 5.74) is 1.34. The van der Waals surface area contributed by atoms with E-state index in [9.17, 15) is 5.26 Å². The maximum Gasteiger partial charge on any atom is 0.178 e. The van der Waals surface area contributed by atoms with Gasteiger partial charge in [-0.2, -0.15) is 15.8 Å². The standard InChI is InChI=1S/C16H8ClN7/c1-24-13-5-3-2-4-10(13)23-16(24)9(6-18)14-15(17)22-12(8-20)11(7-19)21-14/h2-5,9H,1H3/t9-/m1/s1. The Morgan fingerprint density at radius 1 is 1.04 bits per heavy atom. The number of para-hydroxylation sites is 2. The van der Waals surface area contributed by atoms with Gasteiger partial charge in [-0.1, -0.05) is 23.7 Å². The lowest BCUT2D eigenvalue weighted by atomic mass is 10.1. The molecular formula is C16H8ClN7. The minimum Gasteiger partial charge on any atom is -0.330 e. The third-order valence-corrected chi connectivity index (χ3v) is 3.85. The number of nitrogens with zero attached hydrogens (tertiary/aromatic N) is 7. The van der Waals surface area contributed by atoms with Crippen LogP contribution in [0.15, 0.2) is 24.3 Å². The molecule has 0 amide bonds. The minimum atomic E-state index is -0.915. The number of benzene rings is 1. The number of imidazole rings is 1. The summed E-state index contributed by atoms with van der Waals surface area (Å²) in [6, 6.07) is 13.1. The molecule has 24 heavy (non-hydrogen) atoms. The average molecular weight is 334 g/mol. The molecule has 0 aliphatic rings. The van der Waals surface area contributed by atoms with Gasteiger partial charge in [-0.15, -0.1) is 0 Å². The fraction of sp³-hybridized carbons (Fsp3) is 0.125. The van der Waals surface area contributed by atoms with Crippen molar-refractivity contribution >= 4 is 22.6 Å². The van der Waals surface area contributed by atoms with E-state index in [1.807, 2.05) is 24.3 Å². The van der Waals surface area contributed by atoms with Crippen molar-refractivity contribution < 1.29 is 0 Å². The molecule has 0 aliphatic carbocycles. The summed E-state index contributed by atoms with van der Waals surface area (Å²) in [6.45, 7) is 0. The maximum absolute atomic E-state index is 9.62. The topological polar surface area (TPSA) is 115 Å². The first-order chi connectivity index (χ1) is 11.6. The fourth-order valence-electron chi connectivity index (χ4n) is 2.43. The summed E-state index contributed by atoms with van der Waals surface area (Å²) in [5.74, 6) is -0.481. The van der Waals surface area contributed by atoms with E-state index in [4.69, 9.17) is 22.1 Å². The van der Waals surface area contributed by atoms with Gasteiger partial charge in [0.05, 0.1) is 17.1 Å². The summed E-state index contributed by atoms with van der Waals surface area (Å²) in [4.78, 5) is 12.4. The van der Waals surface area contributed by atoms with E-state index in [1.54, 1.807) is 23.8 Å². The predicted octanol–water partition coefficient (Wildman–Crippen LogP) is 2.42. The van der Waals surface area contributed by atoms with Crippen LogP contribution in [-0.4, -0.2) is 19.5 Å². The molecule has 7 nitrogen and oxygen atoms in total. The van der Waals surface area contributed by atoms with Crippen molar-refractivity contribution in [2.45, 2.75) is 5.92 Å². The Kier molecular flexibility index (Phi) is 3.83. The Labute approximate surface area is 142 Å². The molecule has 2 heterocycles. The van der Waals surface area contributed by atoms with Crippen LogP contribution >= 0.6 is 11.6 Å². The lowest BCUT2D eigenvalue weighted by molar-refractivity contribution is 0.779.